The van der Waals surface area contributed by atoms with Crippen LogP contribution < -0.4 is 5.56 Å². The van der Waals surface area contributed by atoms with Crippen molar-refractivity contribution in [2.75, 3.05) is 0 Å². The van der Waals surface area contributed by atoms with E-state index in [2.05, 4.69) is 20.9 Å². The summed E-state index contributed by atoms with van der Waals surface area (Å²) in [6, 6.07) is 1.93. The molecule has 1 fully saturated rings. The smallest absolute Gasteiger partial charge is 0.262 e. The van der Waals surface area contributed by atoms with E-state index < -0.39 is 0 Å². The van der Waals surface area contributed by atoms with Gasteiger partial charge in [-0.3, -0.25) is 9.36 Å². The second-order valence-corrected chi connectivity index (χ2v) is 7.32. The quantitative estimate of drug-likeness (QED) is 0.799. The fourth-order valence-electron chi connectivity index (χ4n) is 1.79. The van der Waals surface area contributed by atoms with Crippen LogP contribution in [0.2, 0.25) is 0 Å². The molecule has 1 aliphatic carbocycles. The first-order valence-electron chi connectivity index (χ1n) is 5.22. The number of rotatable bonds is 2. The zero-order chi connectivity index (χ0) is 11.3. The molecule has 0 spiro atoms. The summed E-state index contributed by atoms with van der Waals surface area (Å²) >= 11 is 5.22. The van der Waals surface area contributed by atoms with Crippen LogP contribution in [0, 0.1) is 6.92 Å². The standard InChI is InChI=1S/C11H11BrN2OS/c1-7-4-8-9(16-7)13-6-14(10(8)15)5-11(12)2-3-11/h4,6H,2-3,5H2,1H3. The summed E-state index contributed by atoms with van der Waals surface area (Å²) in [5.41, 5.74) is 0.0834. The molecule has 2 aromatic heterocycles. The minimum absolute atomic E-state index is 0.0834. The molecule has 0 bridgehead atoms. The number of alkyl halides is 1. The number of aryl methyl sites for hydroxylation is 1. The molecule has 5 heteroatoms. The fourth-order valence-corrected chi connectivity index (χ4v) is 3.10. The molecule has 0 N–H and O–H groups in total. The van der Waals surface area contributed by atoms with Crippen molar-refractivity contribution in [3.8, 4) is 0 Å². The molecule has 84 valence electrons. The van der Waals surface area contributed by atoms with Gasteiger partial charge in [0.1, 0.15) is 4.83 Å². The van der Waals surface area contributed by atoms with E-state index in [9.17, 15) is 4.79 Å². The Morgan fingerprint density at radius 1 is 1.62 bits per heavy atom. The Labute approximate surface area is 105 Å². The van der Waals surface area contributed by atoms with Gasteiger partial charge in [0.2, 0.25) is 0 Å². The van der Waals surface area contributed by atoms with Crippen LogP contribution in [0.3, 0.4) is 0 Å². The number of aromatic nitrogens is 2. The summed E-state index contributed by atoms with van der Waals surface area (Å²) in [6.45, 7) is 2.73. The van der Waals surface area contributed by atoms with E-state index in [-0.39, 0.29) is 9.88 Å². The maximum Gasteiger partial charge on any atom is 0.262 e. The zero-order valence-electron chi connectivity index (χ0n) is 8.86. The molecular weight excluding hydrogens is 288 g/mol. The van der Waals surface area contributed by atoms with Gasteiger partial charge in [-0.25, -0.2) is 4.98 Å². The molecule has 3 nitrogen and oxygen atoms in total. The van der Waals surface area contributed by atoms with Gasteiger partial charge in [0.05, 0.1) is 11.7 Å². The lowest BCUT2D eigenvalue weighted by atomic mass is 10.3. The molecule has 0 radical (unpaired) electrons. The van der Waals surface area contributed by atoms with E-state index in [1.54, 1.807) is 22.2 Å². The zero-order valence-corrected chi connectivity index (χ0v) is 11.3. The molecule has 2 aromatic rings. The van der Waals surface area contributed by atoms with Crippen molar-refractivity contribution in [3.05, 3.63) is 27.6 Å². The lowest BCUT2D eigenvalue weighted by Crippen LogP contribution is -2.24. The molecular formula is C11H11BrN2OS. The number of halogens is 1. The Bertz CT molecular complexity index is 612. The van der Waals surface area contributed by atoms with Crippen LogP contribution in [0.25, 0.3) is 10.2 Å². The molecule has 0 saturated heterocycles. The number of hydrogen-bond donors (Lipinski definition) is 0. The molecule has 3 rings (SSSR count). The first kappa shape index (κ1) is 10.5. The average molecular weight is 299 g/mol. The molecule has 2 heterocycles. The predicted molar refractivity (Wildman–Crippen MR) is 69.5 cm³/mol. The summed E-state index contributed by atoms with van der Waals surface area (Å²) in [5.74, 6) is 0. The molecule has 0 unspecified atom stereocenters. The van der Waals surface area contributed by atoms with Crippen molar-refractivity contribution >= 4 is 37.5 Å². The Hall–Kier alpha value is -0.680. The first-order valence-corrected chi connectivity index (χ1v) is 6.83. The highest BCUT2D eigenvalue weighted by Gasteiger charge is 2.40. The normalized spacial score (nSPS) is 17.9. The Morgan fingerprint density at radius 2 is 2.38 bits per heavy atom. The third-order valence-electron chi connectivity index (χ3n) is 2.89. The van der Waals surface area contributed by atoms with E-state index in [1.807, 2.05) is 13.0 Å². The van der Waals surface area contributed by atoms with E-state index in [1.165, 1.54) is 0 Å². The van der Waals surface area contributed by atoms with Crippen LogP contribution in [-0.2, 0) is 6.54 Å². The van der Waals surface area contributed by atoms with Crippen LogP contribution in [0.1, 0.15) is 17.7 Å². The van der Waals surface area contributed by atoms with Gasteiger partial charge >= 0.3 is 0 Å². The molecule has 1 saturated carbocycles. The molecule has 0 amide bonds. The monoisotopic (exact) mass is 298 g/mol. The summed E-state index contributed by atoms with van der Waals surface area (Å²) in [6.07, 6.45) is 3.95. The molecule has 16 heavy (non-hydrogen) atoms. The third kappa shape index (κ3) is 1.72. The molecule has 1 aliphatic rings. The van der Waals surface area contributed by atoms with Gasteiger partial charge in [-0.05, 0) is 25.8 Å². The van der Waals surface area contributed by atoms with Gasteiger partial charge in [-0.2, -0.15) is 0 Å². The van der Waals surface area contributed by atoms with E-state index in [4.69, 9.17) is 0 Å². The largest absolute Gasteiger partial charge is 0.297 e. The van der Waals surface area contributed by atoms with Crippen LogP contribution in [0.5, 0.6) is 0 Å². The topological polar surface area (TPSA) is 34.9 Å². The second-order valence-electron chi connectivity index (χ2n) is 4.40. The Morgan fingerprint density at radius 3 is 3.06 bits per heavy atom. The van der Waals surface area contributed by atoms with Gasteiger partial charge in [-0.15, -0.1) is 11.3 Å². The van der Waals surface area contributed by atoms with Crippen LogP contribution in [0.15, 0.2) is 17.2 Å². The number of nitrogens with zero attached hydrogens (tertiary/aromatic N) is 2. The van der Waals surface area contributed by atoms with E-state index >= 15 is 0 Å². The van der Waals surface area contributed by atoms with Crippen molar-refractivity contribution in [2.45, 2.75) is 30.6 Å². The van der Waals surface area contributed by atoms with Crippen molar-refractivity contribution in [1.29, 1.82) is 0 Å². The van der Waals surface area contributed by atoms with E-state index in [0.717, 1.165) is 34.5 Å². The number of thiophene rings is 1. The highest BCUT2D eigenvalue weighted by molar-refractivity contribution is 9.10. The maximum absolute atomic E-state index is 12.2. The van der Waals surface area contributed by atoms with Gasteiger partial charge in [0.25, 0.3) is 5.56 Å². The maximum atomic E-state index is 12.2. The fraction of sp³-hybridized carbons (Fsp3) is 0.455. The van der Waals surface area contributed by atoms with Crippen molar-refractivity contribution in [3.63, 3.8) is 0 Å². The predicted octanol–water partition coefficient (Wildman–Crippen LogP) is 2.69. The number of hydrogen-bond acceptors (Lipinski definition) is 3. The van der Waals surface area contributed by atoms with Crippen LogP contribution >= 0.6 is 27.3 Å². The van der Waals surface area contributed by atoms with Gasteiger partial charge in [-0.1, -0.05) is 15.9 Å². The Balaban J connectivity index is 2.12. The molecule has 0 aliphatic heterocycles. The Kier molecular flexibility index (Phi) is 2.23. The van der Waals surface area contributed by atoms with Crippen LogP contribution in [-0.4, -0.2) is 13.9 Å². The van der Waals surface area contributed by atoms with E-state index in [0.29, 0.717) is 0 Å². The van der Waals surface area contributed by atoms with Crippen molar-refractivity contribution < 1.29 is 0 Å². The molecule has 0 atom stereocenters. The first-order chi connectivity index (χ1) is 7.57. The lowest BCUT2D eigenvalue weighted by molar-refractivity contribution is 0.639. The highest BCUT2D eigenvalue weighted by atomic mass is 79.9. The van der Waals surface area contributed by atoms with Gasteiger partial charge in [0, 0.05) is 15.7 Å². The minimum Gasteiger partial charge on any atom is -0.297 e. The molecule has 0 aromatic carbocycles. The summed E-state index contributed by atoms with van der Waals surface area (Å²) in [4.78, 5) is 18.5. The lowest BCUT2D eigenvalue weighted by Gasteiger charge is -2.08. The SMILES string of the molecule is Cc1cc2c(=O)n(CC3(Br)CC3)cnc2s1. The minimum atomic E-state index is 0.0834. The summed E-state index contributed by atoms with van der Waals surface area (Å²) < 4.78 is 1.87. The van der Waals surface area contributed by atoms with Crippen LogP contribution in [0.4, 0.5) is 0 Å². The number of fused-ring (bicyclic) bond motifs is 1. The third-order valence-corrected chi connectivity index (χ3v) is 4.89. The average Bonchev–Trinajstić information content (AvgIpc) is 2.81. The van der Waals surface area contributed by atoms with Gasteiger partial charge in [0.15, 0.2) is 0 Å². The summed E-state index contributed by atoms with van der Waals surface area (Å²) in [7, 11) is 0. The van der Waals surface area contributed by atoms with Gasteiger partial charge < -0.3 is 0 Å². The van der Waals surface area contributed by atoms with Crippen molar-refractivity contribution in [2.24, 2.45) is 0 Å². The second kappa shape index (κ2) is 3.40. The van der Waals surface area contributed by atoms with Crippen molar-refractivity contribution in [1.82, 2.24) is 9.55 Å². The summed E-state index contributed by atoms with van der Waals surface area (Å²) in [5, 5.41) is 0.752. The highest BCUT2D eigenvalue weighted by Crippen LogP contribution is 2.45.